The number of esters is 2. The van der Waals surface area contributed by atoms with Crippen LogP contribution in [0.2, 0.25) is 0 Å². The van der Waals surface area contributed by atoms with E-state index in [1.807, 2.05) is 36.4 Å². The standard InChI is InChI=1S/C14H20N2O4.C13H18N2O5/c1-2-12(17)10-20-14(19)9-8-13(18)16-15-11-6-4-3-5-7-11;16-8-11(9-17)20-13(19)7-6-12(18)15-14-10-4-2-1-3-5-10/h3-7,12,15,17H,2,8-10H2,1H3,(H,16,18);1-5,11,14,16-17H,6-9H2,(H,15,18). The molecule has 0 bridgehead atoms. The third-order valence-corrected chi connectivity index (χ3v) is 4.97. The summed E-state index contributed by atoms with van der Waals surface area (Å²) in [6, 6.07) is 18.2. The molecule has 1 atom stereocenters. The summed E-state index contributed by atoms with van der Waals surface area (Å²) in [4.78, 5) is 45.6. The minimum atomic E-state index is -0.937. The first-order chi connectivity index (χ1) is 19.3. The van der Waals surface area contributed by atoms with Gasteiger partial charge < -0.3 is 24.8 Å². The van der Waals surface area contributed by atoms with Gasteiger partial charge in [0.1, 0.15) is 12.7 Å². The van der Waals surface area contributed by atoms with Crippen LogP contribution in [-0.2, 0) is 28.7 Å². The lowest BCUT2D eigenvalue weighted by Gasteiger charge is -2.12. The van der Waals surface area contributed by atoms with E-state index in [0.29, 0.717) is 6.42 Å². The van der Waals surface area contributed by atoms with E-state index in [0.717, 1.165) is 11.4 Å². The predicted molar refractivity (Wildman–Crippen MR) is 146 cm³/mol. The van der Waals surface area contributed by atoms with Crippen LogP contribution in [0.5, 0.6) is 0 Å². The molecule has 220 valence electrons. The Morgan fingerprint density at radius 1 is 0.725 bits per heavy atom. The molecule has 0 aliphatic heterocycles. The number of hydrogen-bond acceptors (Lipinski definition) is 11. The van der Waals surface area contributed by atoms with Gasteiger partial charge in [-0.2, -0.15) is 0 Å². The van der Waals surface area contributed by atoms with E-state index in [-0.39, 0.29) is 44.1 Å². The highest BCUT2D eigenvalue weighted by molar-refractivity contribution is 5.82. The van der Waals surface area contributed by atoms with Crippen LogP contribution >= 0.6 is 0 Å². The van der Waals surface area contributed by atoms with Crippen molar-refractivity contribution >= 4 is 35.1 Å². The van der Waals surface area contributed by atoms with Crippen LogP contribution in [0.1, 0.15) is 39.0 Å². The summed E-state index contributed by atoms with van der Waals surface area (Å²) in [6.07, 6.45) is -1.23. The average molecular weight is 563 g/mol. The van der Waals surface area contributed by atoms with Gasteiger partial charge in [-0.1, -0.05) is 43.3 Å². The molecule has 13 heteroatoms. The summed E-state index contributed by atoms with van der Waals surface area (Å²) in [6.45, 7) is 0.856. The number of nitrogens with one attached hydrogen (secondary N) is 4. The molecule has 0 radical (unpaired) electrons. The summed E-state index contributed by atoms with van der Waals surface area (Å²) in [7, 11) is 0. The van der Waals surface area contributed by atoms with Gasteiger partial charge in [0.25, 0.3) is 0 Å². The van der Waals surface area contributed by atoms with Crippen LogP contribution in [0.25, 0.3) is 0 Å². The zero-order chi connectivity index (χ0) is 29.6. The molecule has 0 aliphatic rings. The number of para-hydroxylation sites is 2. The molecule has 2 aromatic rings. The highest BCUT2D eigenvalue weighted by Gasteiger charge is 2.14. The Balaban J connectivity index is 0.000000400. The lowest BCUT2D eigenvalue weighted by Crippen LogP contribution is -2.30. The molecule has 0 saturated heterocycles. The Labute approximate surface area is 232 Å². The van der Waals surface area contributed by atoms with E-state index in [2.05, 4.69) is 21.7 Å². The van der Waals surface area contributed by atoms with Crippen molar-refractivity contribution in [1.82, 2.24) is 10.9 Å². The third-order valence-electron chi connectivity index (χ3n) is 4.97. The summed E-state index contributed by atoms with van der Waals surface area (Å²) in [5.41, 5.74) is 11.8. The summed E-state index contributed by atoms with van der Waals surface area (Å²) >= 11 is 0. The van der Waals surface area contributed by atoms with Gasteiger partial charge in [0, 0.05) is 12.8 Å². The van der Waals surface area contributed by atoms with Crippen LogP contribution < -0.4 is 21.7 Å². The quantitative estimate of drug-likeness (QED) is 0.114. The van der Waals surface area contributed by atoms with Crippen molar-refractivity contribution < 1.29 is 44.0 Å². The second-order valence-corrected chi connectivity index (χ2v) is 8.30. The second kappa shape index (κ2) is 20.7. The van der Waals surface area contributed by atoms with Gasteiger partial charge in [0.05, 0.1) is 43.5 Å². The van der Waals surface area contributed by atoms with Crippen LogP contribution in [0.4, 0.5) is 11.4 Å². The topological polar surface area (TPSA) is 196 Å². The van der Waals surface area contributed by atoms with Crippen molar-refractivity contribution in [3.8, 4) is 0 Å². The van der Waals surface area contributed by atoms with Crippen molar-refractivity contribution in [2.45, 2.75) is 51.2 Å². The molecule has 2 amide bonds. The monoisotopic (exact) mass is 562 g/mol. The maximum absolute atomic E-state index is 11.5. The molecule has 0 fully saturated rings. The third kappa shape index (κ3) is 16.6. The largest absolute Gasteiger partial charge is 0.463 e. The number of amides is 2. The number of carbonyl (C=O) groups excluding carboxylic acids is 4. The zero-order valence-electron chi connectivity index (χ0n) is 22.4. The van der Waals surface area contributed by atoms with E-state index in [1.165, 1.54) is 0 Å². The Morgan fingerprint density at radius 2 is 1.18 bits per heavy atom. The van der Waals surface area contributed by atoms with Crippen LogP contribution in [0, 0.1) is 0 Å². The molecule has 2 aromatic carbocycles. The van der Waals surface area contributed by atoms with E-state index in [1.54, 1.807) is 31.2 Å². The molecule has 0 saturated carbocycles. The molecule has 1 unspecified atom stereocenters. The molecule has 40 heavy (non-hydrogen) atoms. The first-order valence-electron chi connectivity index (χ1n) is 12.7. The van der Waals surface area contributed by atoms with Gasteiger partial charge in [-0.3, -0.25) is 40.9 Å². The molecule has 0 heterocycles. The second-order valence-electron chi connectivity index (χ2n) is 8.30. The van der Waals surface area contributed by atoms with Gasteiger partial charge in [-0.05, 0) is 30.7 Å². The molecule has 13 nitrogen and oxygen atoms in total. The average Bonchev–Trinajstić information content (AvgIpc) is 2.99. The minimum Gasteiger partial charge on any atom is -0.463 e. The van der Waals surface area contributed by atoms with Gasteiger partial charge in [0.15, 0.2) is 0 Å². The Morgan fingerprint density at radius 3 is 1.60 bits per heavy atom. The number of anilines is 2. The number of rotatable bonds is 16. The maximum Gasteiger partial charge on any atom is 0.306 e. The fourth-order valence-electron chi connectivity index (χ4n) is 2.64. The lowest BCUT2D eigenvalue weighted by molar-refractivity contribution is -0.154. The highest BCUT2D eigenvalue weighted by Crippen LogP contribution is 2.04. The van der Waals surface area contributed by atoms with Crippen molar-refractivity contribution in [2.24, 2.45) is 0 Å². The number of hydrazine groups is 2. The normalized spacial score (nSPS) is 10.8. The smallest absolute Gasteiger partial charge is 0.306 e. The lowest BCUT2D eigenvalue weighted by atomic mass is 10.3. The molecular weight excluding hydrogens is 524 g/mol. The van der Waals surface area contributed by atoms with Crippen LogP contribution in [0.3, 0.4) is 0 Å². The van der Waals surface area contributed by atoms with Crippen molar-refractivity contribution in [3.63, 3.8) is 0 Å². The zero-order valence-corrected chi connectivity index (χ0v) is 22.4. The van der Waals surface area contributed by atoms with Gasteiger partial charge in [-0.15, -0.1) is 0 Å². The number of hydrogen-bond donors (Lipinski definition) is 7. The Hall–Kier alpha value is -4.20. The van der Waals surface area contributed by atoms with Crippen LogP contribution in [-0.4, -0.2) is 71.1 Å². The molecule has 7 N–H and O–H groups in total. The molecule has 0 aliphatic carbocycles. The van der Waals surface area contributed by atoms with Gasteiger partial charge in [0.2, 0.25) is 11.8 Å². The fourth-order valence-corrected chi connectivity index (χ4v) is 2.64. The molecular formula is C27H38N4O9. The van der Waals surface area contributed by atoms with E-state index in [4.69, 9.17) is 19.7 Å². The van der Waals surface area contributed by atoms with Gasteiger partial charge in [-0.25, -0.2) is 0 Å². The van der Waals surface area contributed by atoms with Crippen molar-refractivity contribution in [2.75, 3.05) is 30.7 Å². The SMILES string of the molecule is CCC(O)COC(=O)CCC(=O)NNc1ccccc1.O=C(CCC(=O)OC(CO)CO)NNc1ccccc1. The van der Waals surface area contributed by atoms with E-state index >= 15 is 0 Å². The number of ether oxygens (including phenoxy) is 2. The molecule has 0 spiro atoms. The van der Waals surface area contributed by atoms with Crippen LogP contribution in [0.15, 0.2) is 60.7 Å². The summed E-state index contributed by atoms with van der Waals surface area (Å²) in [5.74, 6) is -1.81. The summed E-state index contributed by atoms with van der Waals surface area (Å²) in [5, 5.41) is 26.7. The number of carbonyl (C=O) groups is 4. The fraction of sp³-hybridized carbons (Fsp3) is 0.407. The van der Waals surface area contributed by atoms with Gasteiger partial charge >= 0.3 is 11.9 Å². The highest BCUT2D eigenvalue weighted by atomic mass is 16.6. The van der Waals surface area contributed by atoms with Crippen molar-refractivity contribution in [3.05, 3.63) is 60.7 Å². The number of benzene rings is 2. The predicted octanol–water partition coefficient (Wildman–Crippen LogP) is 1.03. The molecule has 2 rings (SSSR count). The first kappa shape index (κ1) is 33.8. The number of aliphatic hydroxyl groups is 3. The van der Waals surface area contributed by atoms with E-state index in [9.17, 15) is 24.3 Å². The Bertz CT molecular complexity index is 1010. The summed E-state index contributed by atoms with van der Waals surface area (Å²) < 4.78 is 9.54. The van der Waals surface area contributed by atoms with E-state index < -0.39 is 37.4 Å². The Kier molecular flexibility index (Phi) is 17.5. The first-order valence-corrected chi connectivity index (χ1v) is 12.7. The number of aliphatic hydroxyl groups excluding tert-OH is 3. The molecule has 0 aromatic heterocycles. The minimum absolute atomic E-state index is 0.0151. The van der Waals surface area contributed by atoms with Crippen molar-refractivity contribution in [1.29, 1.82) is 0 Å². The maximum atomic E-state index is 11.5.